The van der Waals surface area contributed by atoms with Crippen molar-refractivity contribution in [1.82, 2.24) is 5.27 Å². The minimum atomic E-state index is -0.432. The van der Waals surface area contributed by atoms with E-state index < -0.39 is 5.63 Å². The van der Waals surface area contributed by atoms with Gasteiger partial charge in [-0.2, -0.15) is 0 Å². The van der Waals surface area contributed by atoms with Crippen molar-refractivity contribution in [3.8, 4) is 5.75 Å². The summed E-state index contributed by atoms with van der Waals surface area (Å²) in [5, 5.41) is 5.64. The Kier molecular flexibility index (Phi) is 5.04. The van der Waals surface area contributed by atoms with E-state index in [1.54, 1.807) is 38.4 Å². The molecule has 8 heteroatoms. The van der Waals surface area contributed by atoms with E-state index in [2.05, 4.69) is 15.1 Å². The van der Waals surface area contributed by atoms with E-state index in [-0.39, 0.29) is 5.91 Å². The van der Waals surface area contributed by atoms with Gasteiger partial charge in [-0.25, -0.2) is 4.79 Å². The molecule has 0 spiro atoms. The lowest BCUT2D eigenvalue weighted by atomic mass is 10.3. The predicted octanol–water partition coefficient (Wildman–Crippen LogP) is 0.922. The summed E-state index contributed by atoms with van der Waals surface area (Å²) in [4.78, 5) is 23.1. The van der Waals surface area contributed by atoms with Crippen molar-refractivity contribution in [3.63, 3.8) is 0 Å². The van der Waals surface area contributed by atoms with E-state index in [0.29, 0.717) is 22.9 Å². The van der Waals surface area contributed by atoms with Crippen molar-refractivity contribution in [2.75, 3.05) is 18.2 Å². The number of anilines is 1. The number of hydrogen-bond donors (Lipinski definition) is 2. The second kappa shape index (κ2) is 6.98. The van der Waals surface area contributed by atoms with Crippen LogP contribution in [-0.4, -0.2) is 24.0 Å². The molecule has 0 radical (unpaired) electrons. The summed E-state index contributed by atoms with van der Waals surface area (Å²) in [5.74, 6) is 1.10. The highest BCUT2D eigenvalue weighted by Crippen LogP contribution is 2.16. The Bertz CT molecular complexity index is 663. The Morgan fingerprint density at radius 1 is 1.43 bits per heavy atom. The summed E-state index contributed by atoms with van der Waals surface area (Å²) >= 11 is 1.27. The number of carbonyl (C=O) groups is 1. The number of benzene rings is 1. The summed E-state index contributed by atoms with van der Waals surface area (Å²) in [7, 11) is 3.26. The number of nitrogens with one attached hydrogen (secondary N) is 2. The molecule has 0 bridgehead atoms. The first kappa shape index (κ1) is 15.2. The van der Waals surface area contributed by atoms with Gasteiger partial charge in [0.25, 0.3) is 0 Å². The van der Waals surface area contributed by atoms with E-state index in [1.165, 1.54) is 16.4 Å². The minimum absolute atomic E-state index is 0.116. The summed E-state index contributed by atoms with van der Waals surface area (Å²) in [6.07, 6.45) is 0.293. The van der Waals surface area contributed by atoms with Crippen LogP contribution in [0, 0.1) is 0 Å². The van der Waals surface area contributed by atoms with Crippen LogP contribution < -0.4 is 20.4 Å². The Labute approximate surface area is 125 Å². The van der Waals surface area contributed by atoms with Crippen LogP contribution >= 0.6 is 11.8 Å². The molecule has 0 saturated carbocycles. The van der Waals surface area contributed by atoms with Crippen LogP contribution in [0.3, 0.4) is 0 Å². The number of aryl methyl sites for hydroxylation is 1. The first-order valence-electron chi connectivity index (χ1n) is 6.24. The zero-order chi connectivity index (χ0) is 15.2. The average Bonchev–Trinajstić information content (AvgIpc) is 2.80. The van der Waals surface area contributed by atoms with Gasteiger partial charge < -0.3 is 10.1 Å². The number of aromatic amines is 1. The third-order valence-electron chi connectivity index (χ3n) is 2.70. The standard InChI is InChI=1S/C13H15N3O4S/c1-16-12(13(18)20-15-16)21-8-7-11(17)14-9-3-5-10(19-2)6-4-9/h3-6H,7-8H2,1-2H3,(H-,14,15,17,18)/p+1. The Morgan fingerprint density at radius 2 is 2.14 bits per heavy atom. The van der Waals surface area contributed by atoms with Gasteiger partial charge in [-0.3, -0.25) is 9.32 Å². The number of nitrogens with zero attached hydrogens (tertiary/aromatic N) is 1. The number of ether oxygens (including phenoxy) is 1. The van der Waals surface area contributed by atoms with Crippen molar-refractivity contribution in [2.24, 2.45) is 7.05 Å². The van der Waals surface area contributed by atoms with Gasteiger partial charge in [0.05, 0.1) is 7.11 Å². The van der Waals surface area contributed by atoms with Crippen LogP contribution in [0.2, 0.25) is 0 Å². The van der Waals surface area contributed by atoms with Gasteiger partial charge in [0.1, 0.15) is 5.75 Å². The second-order valence-corrected chi connectivity index (χ2v) is 5.30. The molecule has 7 nitrogen and oxygen atoms in total. The van der Waals surface area contributed by atoms with Gasteiger partial charge in [-0.15, -0.1) is 0 Å². The molecule has 1 amide bonds. The molecule has 0 saturated heterocycles. The van der Waals surface area contributed by atoms with Crippen LogP contribution in [0.15, 0.2) is 38.6 Å². The third-order valence-corrected chi connectivity index (χ3v) is 3.82. The van der Waals surface area contributed by atoms with Gasteiger partial charge >= 0.3 is 10.7 Å². The number of thioether (sulfide) groups is 1. The molecule has 0 aliphatic heterocycles. The molecule has 0 aliphatic carbocycles. The number of methoxy groups -OCH3 is 1. The molecule has 2 aromatic rings. The number of hydrogen-bond acceptors (Lipinski definition) is 5. The van der Waals surface area contributed by atoms with Gasteiger partial charge in [-0.05, 0) is 41.3 Å². The van der Waals surface area contributed by atoms with E-state index in [9.17, 15) is 9.59 Å². The highest BCUT2D eigenvalue weighted by Gasteiger charge is 2.17. The molecule has 1 aromatic carbocycles. The lowest BCUT2D eigenvalue weighted by Crippen LogP contribution is -2.33. The maximum Gasteiger partial charge on any atom is 0.441 e. The van der Waals surface area contributed by atoms with Gasteiger partial charge in [0.2, 0.25) is 5.91 Å². The Balaban J connectivity index is 1.80. The lowest BCUT2D eigenvalue weighted by Gasteiger charge is -2.05. The fraction of sp³-hybridized carbons (Fsp3) is 0.308. The number of aromatic nitrogens is 2. The van der Waals surface area contributed by atoms with E-state index in [0.717, 1.165) is 5.75 Å². The van der Waals surface area contributed by atoms with Crippen molar-refractivity contribution >= 4 is 23.4 Å². The summed E-state index contributed by atoms with van der Waals surface area (Å²) in [6, 6.07) is 7.08. The number of H-pyrrole nitrogens is 1. The third kappa shape index (κ3) is 4.12. The molecule has 112 valence electrons. The molecule has 1 aromatic heterocycles. The highest BCUT2D eigenvalue weighted by molar-refractivity contribution is 7.99. The predicted molar refractivity (Wildman–Crippen MR) is 77.5 cm³/mol. The second-order valence-electron chi connectivity index (χ2n) is 4.22. The molecular weight excluding hydrogens is 294 g/mol. The maximum atomic E-state index is 11.8. The molecule has 2 rings (SSSR count). The fourth-order valence-corrected chi connectivity index (χ4v) is 2.50. The highest BCUT2D eigenvalue weighted by atomic mass is 32.2. The smallest absolute Gasteiger partial charge is 0.441 e. The first-order valence-corrected chi connectivity index (χ1v) is 7.23. The van der Waals surface area contributed by atoms with E-state index in [4.69, 9.17) is 4.74 Å². The van der Waals surface area contributed by atoms with E-state index >= 15 is 0 Å². The molecule has 0 fully saturated rings. The molecule has 0 atom stereocenters. The lowest BCUT2D eigenvalue weighted by molar-refractivity contribution is -0.772. The van der Waals surface area contributed by atoms with Crippen LogP contribution in [0.1, 0.15) is 6.42 Å². The van der Waals surface area contributed by atoms with Crippen LogP contribution in [0.5, 0.6) is 5.75 Å². The van der Waals surface area contributed by atoms with Crippen LogP contribution in [-0.2, 0) is 11.8 Å². The number of amides is 1. The topological polar surface area (TPSA) is 88.2 Å². The van der Waals surface area contributed by atoms with Gasteiger partial charge in [-0.1, -0.05) is 4.68 Å². The summed E-state index contributed by atoms with van der Waals surface area (Å²) < 4.78 is 11.1. The average molecular weight is 310 g/mol. The molecule has 21 heavy (non-hydrogen) atoms. The zero-order valence-electron chi connectivity index (χ0n) is 11.7. The Hall–Kier alpha value is -2.22. The van der Waals surface area contributed by atoms with Crippen LogP contribution in [0.25, 0.3) is 0 Å². The van der Waals surface area contributed by atoms with Gasteiger partial charge in [0.15, 0.2) is 7.05 Å². The SMILES string of the molecule is COc1ccc(NC(=O)CCSc2c(=O)o[nH][n+]2C)cc1. The van der Waals surface area contributed by atoms with Crippen molar-refractivity contribution in [3.05, 3.63) is 34.7 Å². The maximum absolute atomic E-state index is 11.8. The molecule has 0 aliphatic rings. The quantitative estimate of drug-likeness (QED) is 0.612. The summed E-state index contributed by atoms with van der Waals surface area (Å²) in [6.45, 7) is 0. The molecule has 0 unspecified atom stereocenters. The first-order chi connectivity index (χ1) is 10.1. The zero-order valence-corrected chi connectivity index (χ0v) is 12.5. The Morgan fingerprint density at radius 3 is 2.71 bits per heavy atom. The summed E-state index contributed by atoms with van der Waals surface area (Å²) in [5.41, 5.74) is 0.274. The number of carbonyl (C=O) groups excluding carboxylic acids is 1. The van der Waals surface area contributed by atoms with Crippen molar-refractivity contribution < 1.29 is 18.7 Å². The van der Waals surface area contributed by atoms with Crippen molar-refractivity contribution in [1.29, 1.82) is 0 Å². The molecule has 1 heterocycles. The molecular formula is C13H16N3O4S+. The number of rotatable bonds is 6. The normalized spacial score (nSPS) is 10.4. The fourth-order valence-electron chi connectivity index (χ4n) is 1.63. The van der Waals surface area contributed by atoms with Gasteiger partial charge in [0, 0.05) is 17.9 Å². The van der Waals surface area contributed by atoms with Crippen molar-refractivity contribution in [2.45, 2.75) is 11.4 Å². The largest absolute Gasteiger partial charge is 0.497 e. The molecule has 2 N–H and O–H groups in total. The van der Waals surface area contributed by atoms with E-state index in [1.807, 2.05) is 0 Å². The monoisotopic (exact) mass is 310 g/mol. The van der Waals surface area contributed by atoms with Crippen LogP contribution in [0.4, 0.5) is 5.69 Å². The minimum Gasteiger partial charge on any atom is -0.497 e.